The first-order valence-corrected chi connectivity index (χ1v) is 2.39. The van der Waals surface area contributed by atoms with Crippen molar-refractivity contribution in [3.05, 3.63) is 12.2 Å². The van der Waals surface area contributed by atoms with E-state index >= 15 is 0 Å². The first kappa shape index (κ1) is 6.47. The van der Waals surface area contributed by atoms with Crippen LogP contribution >= 0.6 is 0 Å². The highest BCUT2D eigenvalue weighted by atomic mass is 16.1. The third-order valence-electron chi connectivity index (χ3n) is 0.711. The predicted molar refractivity (Wildman–Crippen MR) is 33.2 cm³/mol. The summed E-state index contributed by atoms with van der Waals surface area (Å²) in [5, 5.41) is 0. The van der Waals surface area contributed by atoms with Gasteiger partial charge >= 0.3 is 0 Å². The normalized spacial score (nSPS) is 14.4. The van der Waals surface area contributed by atoms with Crippen LogP contribution in [0.3, 0.4) is 0 Å². The van der Waals surface area contributed by atoms with Crippen molar-refractivity contribution in [2.75, 3.05) is 0 Å². The van der Waals surface area contributed by atoms with Crippen LogP contribution in [0.25, 0.3) is 0 Å². The molecule has 0 aromatic heterocycles. The molecule has 0 aliphatic carbocycles. The number of hydrogen-bond donors (Lipinski definition) is 0. The molecule has 1 atom stereocenters. The minimum atomic E-state index is 0.0880. The molecule has 38 valence electrons. The maximum Gasteiger partial charge on any atom is 0.119 e. The van der Waals surface area contributed by atoms with Gasteiger partial charge in [-0.2, -0.15) is 0 Å². The van der Waals surface area contributed by atoms with Crippen LogP contribution in [0.15, 0.2) is 12.2 Å². The van der Waals surface area contributed by atoms with Crippen molar-refractivity contribution < 1.29 is 4.79 Å². The zero-order chi connectivity index (χ0) is 5.70. The molecule has 0 aliphatic heterocycles. The zero-order valence-corrected chi connectivity index (χ0v) is 4.72. The summed E-state index contributed by atoms with van der Waals surface area (Å²) in [5.41, 5.74) is 0. The van der Waals surface area contributed by atoms with Crippen LogP contribution in [0.2, 0.25) is 5.82 Å². The second kappa shape index (κ2) is 3.66. The molecule has 0 rings (SSSR count). The summed E-state index contributed by atoms with van der Waals surface area (Å²) in [5.74, 6) is 0.0880. The Kier molecular flexibility index (Phi) is 3.38. The number of carbonyl (C=O) groups excluding carboxylic acids is 1. The van der Waals surface area contributed by atoms with E-state index in [-0.39, 0.29) is 5.82 Å². The van der Waals surface area contributed by atoms with Crippen molar-refractivity contribution in [2.45, 2.75) is 12.7 Å². The Morgan fingerprint density at radius 1 is 1.71 bits per heavy atom. The first-order valence-electron chi connectivity index (χ1n) is 2.39. The number of hydrogen-bond acceptors (Lipinski definition) is 1. The fraction of sp³-hybridized carbons (Fsp3) is 0.400. The van der Waals surface area contributed by atoms with Crippen LogP contribution in [-0.4, -0.2) is 14.1 Å². The smallest absolute Gasteiger partial charge is 0.119 e. The molecule has 0 heterocycles. The summed E-state index contributed by atoms with van der Waals surface area (Å²) in [6, 6.07) is 0. The van der Waals surface area contributed by atoms with Gasteiger partial charge in [0.2, 0.25) is 0 Å². The second-order valence-electron chi connectivity index (χ2n) is 1.52. The van der Waals surface area contributed by atoms with Gasteiger partial charge in [0.15, 0.2) is 0 Å². The first-order chi connectivity index (χ1) is 3.31. The molecular formula is C5H9BO. The average Bonchev–Trinajstić information content (AvgIpc) is 1.68. The van der Waals surface area contributed by atoms with Crippen LogP contribution in [-0.2, 0) is 4.79 Å². The molecule has 0 N–H and O–H groups in total. The van der Waals surface area contributed by atoms with E-state index in [0.29, 0.717) is 0 Å². The number of aldehydes is 1. The topological polar surface area (TPSA) is 17.1 Å². The number of rotatable bonds is 2. The van der Waals surface area contributed by atoms with E-state index in [4.69, 9.17) is 0 Å². The summed E-state index contributed by atoms with van der Waals surface area (Å²) in [6.45, 7) is 1.90. The SMILES string of the molecule is BC(C=O)/C=C\C. The van der Waals surface area contributed by atoms with Gasteiger partial charge in [0.05, 0.1) is 0 Å². The van der Waals surface area contributed by atoms with Crippen molar-refractivity contribution in [3.8, 4) is 0 Å². The molecule has 0 amide bonds. The standard InChI is InChI=1S/C5H9BO/c1-2-3-5(6)4-7/h2-5H,6H2,1H3/b3-2-. The Hall–Kier alpha value is -0.525. The molecule has 2 heteroatoms. The van der Waals surface area contributed by atoms with Gasteiger partial charge in [-0.15, -0.1) is 0 Å². The van der Waals surface area contributed by atoms with Gasteiger partial charge in [-0.25, -0.2) is 0 Å². The summed E-state index contributed by atoms with van der Waals surface area (Å²) in [4.78, 5) is 9.84. The van der Waals surface area contributed by atoms with Crippen molar-refractivity contribution in [1.82, 2.24) is 0 Å². The molecule has 7 heavy (non-hydrogen) atoms. The van der Waals surface area contributed by atoms with Crippen molar-refractivity contribution in [1.29, 1.82) is 0 Å². The molecule has 0 aromatic rings. The molecule has 1 unspecified atom stereocenters. The highest BCUT2D eigenvalue weighted by molar-refractivity contribution is 6.21. The van der Waals surface area contributed by atoms with Gasteiger partial charge in [-0.3, -0.25) is 0 Å². The van der Waals surface area contributed by atoms with Crippen molar-refractivity contribution >= 4 is 14.1 Å². The lowest BCUT2D eigenvalue weighted by Gasteiger charge is -1.85. The van der Waals surface area contributed by atoms with Crippen LogP contribution in [0.5, 0.6) is 0 Å². The summed E-state index contributed by atoms with van der Waals surface area (Å²) < 4.78 is 0. The molecular weight excluding hydrogens is 86.9 g/mol. The van der Waals surface area contributed by atoms with E-state index in [2.05, 4.69) is 0 Å². The highest BCUT2D eigenvalue weighted by Crippen LogP contribution is 1.91. The molecule has 0 aromatic carbocycles. The minimum Gasteiger partial charge on any atom is -0.304 e. The Balaban J connectivity index is 3.35. The Bertz CT molecular complexity index is 78.1. The van der Waals surface area contributed by atoms with E-state index in [1.807, 2.05) is 26.9 Å². The van der Waals surface area contributed by atoms with Gasteiger partial charge < -0.3 is 4.79 Å². The largest absolute Gasteiger partial charge is 0.304 e. The maximum absolute atomic E-state index is 9.84. The monoisotopic (exact) mass is 96.1 g/mol. The fourth-order valence-corrected chi connectivity index (χ4v) is 0.349. The lowest BCUT2D eigenvalue weighted by Crippen LogP contribution is -1.85. The Morgan fingerprint density at radius 2 is 2.29 bits per heavy atom. The molecule has 0 spiro atoms. The van der Waals surface area contributed by atoms with E-state index in [1.165, 1.54) is 0 Å². The van der Waals surface area contributed by atoms with Gasteiger partial charge in [-0.1, -0.05) is 12.2 Å². The van der Waals surface area contributed by atoms with Crippen molar-refractivity contribution in [2.24, 2.45) is 0 Å². The van der Waals surface area contributed by atoms with Crippen LogP contribution in [0.1, 0.15) is 6.92 Å². The third-order valence-corrected chi connectivity index (χ3v) is 0.711. The van der Waals surface area contributed by atoms with Crippen LogP contribution in [0.4, 0.5) is 0 Å². The van der Waals surface area contributed by atoms with Crippen LogP contribution < -0.4 is 0 Å². The van der Waals surface area contributed by atoms with Crippen LogP contribution in [0, 0.1) is 0 Å². The predicted octanol–water partition coefficient (Wildman–Crippen LogP) is 0.183. The summed E-state index contributed by atoms with van der Waals surface area (Å²) >= 11 is 0. The molecule has 0 bridgehead atoms. The number of allylic oxidation sites excluding steroid dienone is 2. The molecule has 0 saturated carbocycles. The number of carbonyl (C=O) groups is 1. The lowest BCUT2D eigenvalue weighted by molar-refractivity contribution is -0.107. The van der Waals surface area contributed by atoms with E-state index in [0.717, 1.165) is 6.29 Å². The fourth-order valence-electron chi connectivity index (χ4n) is 0.349. The average molecular weight is 95.9 g/mol. The molecule has 0 aliphatic rings. The van der Waals surface area contributed by atoms with E-state index < -0.39 is 0 Å². The Morgan fingerprint density at radius 3 is 2.43 bits per heavy atom. The minimum absolute atomic E-state index is 0.0880. The van der Waals surface area contributed by atoms with Gasteiger partial charge in [-0.05, 0) is 6.92 Å². The summed E-state index contributed by atoms with van der Waals surface area (Å²) in [7, 11) is 1.85. The maximum atomic E-state index is 9.84. The van der Waals surface area contributed by atoms with E-state index in [9.17, 15) is 4.79 Å². The summed E-state index contributed by atoms with van der Waals surface area (Å²) in [6.07, 6.45) is 4.64. The molecule has 0 radical (unpaired) electrons. The van der Waals surface area contributed by atoms with Gasteiger partial charge in [0, 0.05) is 5.82 Å². The molecule has 0 saturated heterocycles. The quantitative estimate of drug-likeness (QED) is 0.272. The van der Waals surface area contributed by atoms with Gasteiger partial charge in [0.25, 0.3) is 0 Å². The Labute approximate surface area is 44.8 Å². The second-order valence-corrected chi connectivity index (χ2v) is 1.52. The third kappa shape index (κ3) is 3.30. The zero-order valence-electron chi connectivity index (χ0n) is 4.72. The van der Waals surface area contributed by atoms with E-state index in [1.54, 1.807) is 0 Å². The van der Waals surface area contributed by atoms with Crippen molar-refractivity contribution in [3.63, 3.8) is 0 Å². The highest BCUT2D eigenvalue weighted by Gasteiger charge is 1.86. The molecule has 1 nitrogen and oxygen atoms in total. The van der Waals surface area contributed by atoms with Gasteiger partial charge in [0.1, 0.15) is 14.1 Å². The molecule has 0 fully saturated rings. The lowest BCUT2D eigenvalue weighted by atomic mass is 9.89.